The molecule has 4 heteroatoms. The maximum absolute atomic E-state index is 11.5. The fourth-order valence-corrected chi connectivity index (χ4v) is 2.56. The molecule has 1 saturated carbocycles. The van der Waals surface area contributed by atoms with Crippen molar-refractivity contribution in [2.45, 2.75) is 31.7 Å². The van der Waals surface area contributed by atoms with Crippen LogP contribution in [-0.2, 0) is 0 Å². The van der Waals surface area contributed by atoms with E-state index in [-0.39, 0.29) is 11.8 Å². The molecule has 1 aliphatic carbocycles. The molecule has 0 unspecified atom stereocenters. The van der Waals surface area contributed by atoms with Crippen molar-refractivity contribution in [1.29, 1.82) is 0 Å². The summed E-state index contributed by atoms with van der Waals surface area (Å²) in [6.07, 6.45) is 4.90. The molecular formula is C13H14N2O2. The molecule has 1 aromatic carbocycles. The Bertz CT molecular complexity index is 490. The zero-order valence-electron chi connectivity index (χ0n) is 9.45. The fourth-order valence-electron chi connectivity index (χ4n) is 2.56. The quantitative estimate of drug-likeness (QED) is 0.763. The number of carbonyl (C=O) groups is 2. The number of benzene rings is 1. The van der Waals surface area contributed by atoms with Gasteiger partial charge in [0.05, 0.1) is 11.1 Å². The van der Waals surface area contributed by atoms with E-state index in [1.807, 2.05) is 6.07 Å². The van der Waals surface area contributed by atoms with Crippen molar-refractivity contribution in [1.82, 2.24) is 5.32 Å². The number of carbonyl (C=O) groups excluding carboxylic acids is 2. The fraction of sp³-hybridized carbons (Fsp3) is 0.385. The van der Waals surface area contributed by atoms with Gasteiger partial charge in [0.1, 0.15) is 0 Å². The van der Waals surface area contributed by atoms with E-state index in [9.17, 15) is 9.59 Å². The van der Waals surface area contributed by atoms with Gasteiger partial charge in [-0.1, -0.05) is 12.8 Å². The first-order valence-electron chi connectivity index (χ1n) is 6.00. The Balaban J connectivity index is 1.85. The maximum Gasteiger partial charge on any atom is 0.259 e. The molecule has 0 radical (unpaired) electrons. The molecule has 1 aliphatic heterocycles. The van der Waals surface area contributed by atoms with Crippen LogP contribution in [0.4, 0.5) is 5.69 Å². The minimum absolute atomic E-state index is 0.292. The summed E-state index contributed by atoms with van der Waals surface area (Å²) >= 11 is 0. The van der Waals surface area contributed by atoms with Gasteiger partial charge in [0, 0.05) is 11.7 Å². The van der Waals surface area contributed by atoms with E-state index in [0.717, 1.165) is 5.69 Å². The largest absolute Gasteiger partial charge is 0.382 e. The van der Waals surface area contributed by atoms with Crippen LogP contribution < -0.4 is 10.6 Å². The number of nitrogens with one attached hydrogen (secondary N) is 2. The van der Waals surface area contributed by atoms with Crippen LogP contribution in [0.25, 0.3) is 0 Å². The summed E-state index contributed by atoms with van der Waals surface area (Å²) in [5.41, 5.74) is 1.89. The van der Waals surface area contributed by atoms with Crippen LogP contribution in [0.1, 0.15) is 46.4 Å². The van der Waals surface area contributed by atoms with Crippen LogP contribution in [-0.4, -0.2) is 17.9 Å². The maximum atomic E-state index is 11.5. The Kier molecular flexibility index (Phi) is 2.35. The van der Waals surface area contributed by atoms with Crippen molar-refractivity contribution in [2.24, 2.45) is 0 Å². The Morgan fingerprint density at radius 2 is 1.76 bits per heavy atom. The van der Waals surface area contributed by atoms with Crippen LogP contribution >= 0.6 is 0 Å². The van der Waals surface area contributed by atoms with Crippen LogP contribution in [0.5, 0.6) is 0 Å². The molecule has 0 spiro atoms. The van der Waals surface area contributed by atoms with Crippen molar-refractivity contribution >= 4 is 17.5 Å². The van der Waals surface area contributed by atoms with E-state index >= 15 is 0 Å². The van der Waals surface area contributed by atoms with Gasteiger partial charge in [-0.05, 0) is 31.0 Å². The molecule has 88 valence electrons. The second-order valence-electron chi connectivity index (χ2n) is 4.67. The van der Waals surface area contributed by atoms with Crippen LogP contribution in [0.3, 0.4) is 0 Å². The highest BCUT2D eigenvalue weighted by atomic mass is 16.2. The van der Waals surface area contributed by atoms with Gasteiger partial charge in [-0.2, -0.15) is 0 Å². The molecule has 2 amide bonds. The number of rotatable bonds is 2. The monoisotopic (exact) mass is 230 g/mol. The van der Waals surface area contributed by atoms with Crippen LogP contribution in [0.15, 0.2) is 18.2 Å². The molecule has 17 heavy (non-hydrogen) atoms. The molecule has 1 fully saturated rings. The standard InChI is InChI=1S/C13H14N2O2/c16-12-10-6-5-9(7-11(10)13(17)15-12)14-8-3-1-2-4-8/h5-8,14H,1-4H2,(H,15,16,17). The summed E-state index contributed by atoms with van der Waals surface area (Å²) in [5.74, 6) is -0.586. The zero-order valence-corrected chi connectivity index (χ0v) is 9.45. The second kappa shape index (κ2) is 3.87. The minimum atomic E-state index is -0.294. The molecule has 0 aromatic heterocycles. The molecule has 1 heterocycles. The molecule has 0 bridgehead atoms. The number of hydrogen-bond donors (Lipinski definition) is 2. The SMILES string of the molecule is O=C1NC(=O)c2cc(NC3CCCC3)ccc21. The Labute approximate surface area is 99.4 Å². The Morgan fingerprint density at radius 3 is 2.53 bits per heavy atom. The molecule has 0 atom stereocenters. The summed E-state index contributed by atoms with van der Waals surface area (Å²) in [5, 5.41) is 5.71. The van der Waals surface area contributed by atoms with Gasteiger partial charge in [0.15, 0.2) is 0 Å². The number of hydrogen-bond acceptors (Lipinski definition) is 3. The van der Waals surface area contributed by atoms with E-state index < -0.39 is 0 Å². The van der Waals surface area contributed by atoms with Gasteiger partial charge in [0.25, 0.3) is 11.8 Å². The lowest BCUT2D eigenvalue weighted by Crippen LogP contribution is -2.19. The van der Waals surface area contributed by atoms with E-state index in [1.54, 1.807) is 12.1 Å². The van der Waals surface area contributed by atoms with E-state index in [0.29, 0.717) is 17.2 Å². The minimum Gasteiger partial charge on any atom is -0.382 e. The van der Waals surface area contributed by atoms with Crippen LogP contribution in [0, 0.1) is 0 Å². The third kappa shape index (κ3) is 1.79. The summed E-state index contributed by atoms with van der Waals surface area (Å²) < 4.78 is 0. The lowest BCUT2D eigenvalue weighted by molar-refractivity contribution is 0.0879. The first-order chi connectivity index (χ1) is 8.24. The third-order valence-corrected chi connectivity index (χ3v) is 3.46. The van der Waals surface area contributed by atoms with Crippen molar-refractivity contribution in [3.05, 3.63) is 29.3 Å². The zero-order chi connectivity index (χ0) is 11.8. The van der Waals surface area contributed by atoms with Crippen molar-refractivity contribution in [3.63, 3.8) is 0 Å². The van der Waals surface area contributed by atoms with Gasteiger partial charge in [-0.15, -0.1) is 0 Å². The first kappa shape index (κ1) is 10.3. The highest BCUT2D eigenvalue weighted by Crippen LogP contribution is 2.25. The second-order valence-corrected chi connectivity index (χ2v) is 4.67. The van der Waals surface area contributed by atoms with E-state index in [4.69, 9.17) is 0 Å². The molecule has 4 nitrogen and oxygen atoms in total. The summed E-state index contributed by atoms with van der Waals surface area (Å²) in [6, 6.07) is 5.86. The van der Waals surface area contributed by atoms with E-state index in [1.165, 1.54) is 25.7 Å². The first-order valence-corrected chi connectivity index (χ1v) is 6.00. The topological polar surface area (TPSA) is 58.2 Å². The van der Waals surface area contributed by atoms with Gasteiger partial charge in [-0.25, -0.2) is 0 Å². The molecule has 2 aliphatic rings. The smallest absolute Gasteiger partial charge is 0.259 e. The van der Waals surface area contributed by atoms with Gasteiger partial charge in [0.2, 0.25) is 0 Å². The number of anilines is 1. The Hall–Kier alpha value is -1.84. The average molecular weight is 230 g/mol. The Morgan fingerprint density at radius 1 is 1.06 bits per heavy atom. The molecule has 1 aromatic rings. The van der Waals surface area contributed by atoms with E-state index in [2.05, 4.69) is 10.6 Å². The lowest BCUT2D eigenvalue weighted by atomic mass is 10.1. The van der Waals surface area contributed by atoms with Crippen molar-refractivity contribution in [2.75, 3.05) is 5.32 Å². The summed E-state index contributed by atoms with van der Waals surface area (Å²) in [4.78, 5) is 22.9. The van der Waals surface area contributed by atoms with Gasteiger partial charge < -0.3 is 5.32 Å². The summed E-state index contributed by atoms with van der Waals surface area (Å²) in [7, 11) is 0. The predicted molar refractivity (Wildman–Crippen MR) is 64.1 cm³/mol. The highest BCUT2D eigenvalue weighted by Gasteiger charge is 2.27. The molecule has 3 rings (SSSR count). The normalized spacial score (nSPS) is 19.3. The third-order valence-electron chi connectivity index (χ3n) is 3.46. The number of imide groups is 1. The molecular weight excluding hydrogens is 216 g/mol. The molecule has 0 saturated heterocycles. The van der Waals surface area contributed by atoms with Crippen molar-refractivity contribution in [3.8, 4) is 0 Å². The van der Waals surface area contributed by atoms with Gasteiger partial charge in [-0.3, -0.25) is 14.9 Å². The average Bonchev–Trinajstić information content (AvgIpc) is 2.89. The van der Waals surface area contributed by atoms with Crippen molar-refractivity contribution < 1.29 is 9.59 Å². The molecule has 2 N–H and O–H groups in total. The number of fused-ring (bicyclic) bond motifs is 1. The number of amides is 2. The van der Waals surface area contributed by atoms with Gasteiger partial charge >= 0.3 is 0 Å². The summed E-state index contributed by atoms with van der Waals surface area (Å²) in [6.45, 7) is 0. The predicted octanol–water partition coefficient (Wildman–Crippen LogP) is 1.92. The highest BCUT2D eigenvalue weighted by molar-refractivity contribution is 6.21. The lowest BCUT2D eigenvalue weighted by Gasteiger charge is -2.13. The van der Waals surface area contributed by atoms with Crippen LogP contribution in [0.2, 0.25) is 0 Å².